The van der Waals surface area contributed by atoms with Crippen LogP contribution in [0.25, 0.3) is 6.08 Å². The molecule has 0 aromatic heterocycles. The second kappa shape index (κ2) is 8.42. The van der Waals surface area contributed by atoms with Gasteiger partial charge in [0.1, 0.15) is 11.6 Å². The maximum absolute atomic E-state index is 13.8. The summed E-state index contributed by atoms with van der Waals surface area (Å²) in [6, 6.07) is 8.55. The largest absolute Gasteiger partial charge is 0.495 e. The van der Waals surface area contributed by atoms with Crippen LogP contribution in [-0.2, 0) is 14.8 Å². The second-order valence-electron chi connectivity index (χ2n) is 6.25. The summed E-state index contributed by atoms with van der Waals surface area (Å²) in [6.45, 7) is 0. The van der Waals surface area contributed by atoms with Crippen molar-refractivity contribution in [1.82, 2.24) is 4.72 Å². The zero-order chi connectivity index (χ0) is 20.3. The Hall–Kier alpha value is -2.23. The van der Waals surface area contributed by atoms with Gasteiger partial charge in [0.15, 0.2) is 0 Å². The zero-order valence-corrected chi connectivity index (χ0v) is 17.3. The monoisotopic (exact) mass is 468 g/mol. The summed E-state index contributed by atoms with van der Waals surface area (Å²) in [4.78, 5) is 12.3. The first-order valence-electron chi connectivity index (χ1n) is 8.43. The minimum atomic E-state index is -3.68. The van der Waals surface area contributed by atoms with E-state index in [-0.39, 0.29) is 22.2 Å². The average Bonchev–Trinajstić information content (AvgIpc) is 3.45. The van der Waals surface area contributed by atoms with Crippen LogP contribution in [0.1, 0.15) is 18.4 Å². The molecule has 1 aliphatic carbocycles. The Morgan fingerprint density at radius 3 is 2.68 bits per heavy atom. The van der Waals surface area contributed by atoms with Gasteiger partial charge in [-0.15, -0.1) is 0 Å². The standard InChI is InChI=1S/C19H18BrFN2O4S/c1-27-18-8-6-15(28(25,26)23-14-4-5-14)11-17(18)22-19(24)9-2-12-10-13(20)3-7-16(12)21/h2-3,6-11,14,23H,4-5H2,1H3,(H,22,24)/b9-2+. The van der Waals surface area contributed by atoms with Gasteiger partial charge in [-0.05, 0) is 55.3 Å². The Morgan fingerprint density at radius 2 is 2.00 bits per heavy atom. The van der Waals surface area contributed by atoms with Crippen LogP contribution in [0.5, 0.6) is 5.75 Å². The molecule has 0 heterocycles. The van der Waals surface area contributed by atoms with Crippen molar-refractivity contribution in [1.29, 1.82) is 0 Å². The van der Waals surface area contributed by atoms with Crippen molar-refractivity contribution >= 4 is 43.6 Å². The normalized spacial score (nSPS) is 14.2. The van der Waals surface area contributed by atoms with Crippen LogP contribution in [0, 0.1) is 5.82 Å². The maximum Gasteiger partial charge on any atom is 0.248 e. The number of hydrogen-bond donors (Lipinski definition) is 2. The predicted octanol–water partition coefficient (Wildman–Crippen LogP) is 3.69. The molecule has 0 unspecified atom stereocenters. The number of carbonyl (C=O) groups excluding carboxylic acids is 1. The highest BCUT2D eigenvalue weighted by molar-refractivity contribution is 9.10. The van der Waals surface area contributed by atoms with Gasteiger partial charge >= 0.3 is 0 Å². The lowest BCUT2D eigenvalue weighted by Crippen LogP contribution is -2.25. The van der Waals surface area contributed by atoms with Crippen LogP contribution in [0.2, 0.25) is 0 Å². The van der Waals surface area contributed by atoms with Gasteiger partial charge in [-0.25, -0.2) is 17.5 Å². The molecule has 0 saturated heterocycles. The van der Waals surface area contributed by atoms with Crippen LogP contribution in [0.3, 0.4) is 0 Å². The highest BCUT2D eigenvalue weighted by atomic mass is 79.9. The van der Waals surface area contributed by atoms with Gasteiger partial charge in [-0.3, -0.25) is 4.79 Å². The Labute approximate surface area is 171 Å². The Balaban J connectivity index is 1.80. The van der Waals surface area contributed by atoms with E-state index >= 15 is 0 Å². The van der Waals surface area contributed by atoms with Crippen LogP contribution in [0.4, 0.5) is 10.1 Å². The fraction of sp³-hybridized carbons (Fsp3) is 0.211. The summed E-state index contributed by atoms with van der Waals surface area (Å²) >= 11 is 3.24. The number of hydrogen-bond acceptors (Lipinski definition) is 4. The average molecular weight is 469 g/mol. The summed E-state index contributed by atoms with van der Waals surface area (Å²) in [6.07, 6.45) is 4.12. The molecule has 0 radical (unpaired) electrons. The van der Waals surface area contributed by atoms with Gasteiger partial charge in [0.05, 0.1) is 17.7 Å². The Morgan fingerprint density at radius 1 is 1.25 bits per heavy atom. The number of rotatable bonds is 7. The fourth-order valence-corrected chi connectivity index (χ4v) is 4.13. The summed E-state index contributed by atoms with van der Waals surface area (Å²) < 4.78 is 47.0. The topological polar surface area (TPSA) is 84.5 Å². The van der Waals surface area contributed by atoms with E-state index in [4.69, 9.17) is 4.74 Å². The number of nitrogens with one attached hydrogen (secondary N) is 2. The number of halogens is 2. The highest BCUT2D eigenvalue weighted by Gasteiger charge is 2.28. The van der Waals surface area contributed by atoms with E-state index in [1.54, 1.807) is 6.07 Å². The molecule has 9 heteroatoms. The molecule has 2 N–H and O–H groups in total. The number of anilines is 1. The van der Waals surface area contributed by atoms with Crippen molar-refractivity contribution in [3.8, 4) is 5.75 Å². The van der Waals surface area contributed by atoms with Crippen molar-refractivity contribution in [3.63, 3.8) is 0 Å². The van der Waals surface area contributed by atoms with E-state index in [1.165, 1.54) is 43.5 Å². The molecule has 148 valence electrons. The third kappa shape index (κ3) is 5.18. The van der Waals surface area contributed by atoms with Gasteiger partial charge in [0, 0.05) is 22.2 Å². The van der Waals surface area contributed by atoms with Gasteiger partial charge < -0.3 is 10.1 Å². The molecule has 0 bridgehead atoms. The smallest absolute Gasteiger partial charge is 0.248 e. The molecule has 28 heavy (non-hydrogen) atoms. The molecule has 1 aliphatic rings. The molecule has 0 atom stereocenters. The van der Waals surface area contributed by atoms with E-state index in [9.17, 15) is 17.6 Å². The second-order valence-corrected chi connectivity index (χ2v) is 8.88. The molecule has 0 aliphatic heterocycles. The molecule has 0 spiro atoms. The highest BCUT2D eigenvalue weighted by Crippen LogP contribution is 2.29. The number of amides is 1. The lowest BCUT2D eigenvalue weighted by atomic mass is 10.2. The maximum atomic E-state index is 13.8. The minimum Gasteiger partial charge on any atom is -0.495 e. The number of ether oxygens (including phenoxy) is 1. The number of benzene rings is 2. The van der Waals surface area contributed by atoms with E-state index in [2.05, 4.69) is 26.0 Å². The van der Waals surface area contributed by atoms with Crippen molar-refractivity contribution < 1.29 is 22.3 Å². The molecular weight excluding hydrogens is 451 g/mol. The minimum absolute atomic E-state index is 0.0255. The van der Waals surface area contributed by atoms with E-state index < -0.39 is 21.7 Å². The third-order valence-electron chi connectivity index (χ3n) is 4.01. The molecule has 2 aromatic carbocycles. The molecule has 6 nitrogen and oxygen atoms in total. The van der Waals surface area contributed by atoms with E-state index in [0.29, 0.717) is 10.2 Å². The lowest BCUT2D eigenvalue weighted by molar-refractivity contribution is -0.111. The number of sulfonamides is 1. The number of methoxy groups -OCH3 is 1. The molecule has 2 aromatic rings. The summed E-state index contributed by atoms with van der Waals surface area (Å²) in [7, 11) is -2.26. The Bertz CT molecular complexity index is 1040. The molecule has 1 saturated carbocycles. The van der Waals surface area contributed by atoms with Gasteiger partial charge in [-0.1, -0.05) is 15.9 Å². The number of carbonyl (C=O) groups is 1. The first-order chi connectivity index (χ1) is 13.3. The quantitative estimate of drug-likeness (QED) is 0.606. The SMILES string of the molecule is COc1ccc(S(=O)(=O)NC2CC2)cc1NC(=O)/C=C/c1cc(Br)ccc1F. The molecule has 1 amide bonds. The van der Waals surface area contributed by atoms with Crippen molar-refractivity contribution in [2.75, 3.05) is 12.4 Å². The van der Waals surface area contributed by atoms with Crippen LogP contribution >= 0.6 is 15.9 Å². The lowest BCUT2D eigenvalue weighted by Gasteiger charge is -2.12. The van der Waals surface area contributed by atoms with Gasteiger partial charge in [0.2, 0.25) is 15.9 Å². The predicted molar refractivity (Wildman–Crippen MR) is 108 cm³/mol. The molecule has 1 fully saturated rings. The zero-order valence-electron chi connectivity index (χ0n) is 14.9. The van der Waals surface area contributed by atoms with Crippen molar-refractivity contribution in [2.45, 2.75) is 23.8 Å². The first kappa shape index (κ1) is 20.5. The fourth-order valence-electron chi connectivity index (χ4n) is 2.42. The third-order valence-corrected chi connectivity index (χ3v) is 6.02. The first-order valence-corrected chi connectivity index (χ1v) is 10.7. The molecule has 3 rings (SSSR count). The van der Waals surface area contributed by atoms with Crippen molar-refractivity contribution in [3.05, 3.63) is 58.3 Å². The van der Waals surface area contributed by atoms with Crippen molar-refractivity contribution in [2.24, 2.45) is 0 Å². The van der Waals surface area contributed by atoms with Crippen LogP contribution < -0.4 is 14.8 Å². The van der Waals surface area contributed by atoms with Crippen LogP contribution in [-0.4, -0.2) is 27.5 Å². The van der Waals surface area contributed by atoms with Gasteiger partial charge in [0.25, 0.3) is 0 Å². The molecular formula is C19H18BrFN2O4S. The van der Waals surface area contributed by atoms with E-state index in [1.807, 2.05) is 0 Å². The summed E-state index contributed by atoms with van der Waals surface area (Å²) in [5, 5.41) is 2.57. The van der Waals surface area contributed by atoms with Crippen LogP contribution in [0.15, 0.2) is 51.8 Å². The van der Waals surface area contributed by atoms with E-state index in [0.717, 1.165) is 18.9 Å². The summed E-state index contributed by atoms with van der Waals surface area (Å²) in [5.74, 6) is -0.716. The Kier molecular flexibility index (Phi) is 6.17. The van der Waals surface area contributed by atoms with Gasteiger partial charge in [-0.2, -0.15) is 0 Å². The summed E-state index contributed by atoms with van der Waals surface area (Å²) in [5.41, 5.74) is 0.437.